The van der Waals surface area contributed by atoms with Crippen molar-refractivity contribution < 1.29 is 14.3 Å². The first-order chi connectivity index (χ1) is 11.4. The van der Waals surface area contributed by atoms with E-state index in [0.717, 1.165) is 57.7 Å². The maximum atomic E-state index is 12.5. The van der Waals surface area contributed by atoms with Crippen LogP contribution in [0, 0.1) is 11.3 Å². The quantitative estimate of drug-likeness (QED) is 0.774. The predicted octanol–water partition coefficient (Wildman–Crippen LogP) is 4.13. The predicted molar refractivity (Wildman–Crippen MR) is 94.6 cm³/mol. The Morgan fingerprint density at radius 2 is 1.62 bits per heavy atom. The van der Waals surface area contributed by atoms with E-state index in [1.165, 1.54) is 25.7 Å². The van der Waals surface area contributed by atoms with Crippen molar-refractivity contribution in [1.82, 2.24) is 4.90 Å². The zero-order valence-corrected chi connectivity index (χ0v) is 15.8. The molecule has 1 heterocycles. The molecule has 3 aliphatic rings. The van der Waals surface area contributed by atoms with Gasteiger partial charge in [0.05, 0.1) is 13.2 Å². The second kappa shape index (κ2) is 7.33. The Bertz CT molecular complexity index is 422. The number of hydrogen-bond donors (Lipinski definition) is 0. The Morgan fingerprint density at radius 1 is 1.04 bits per heavy atom. The zero-order chi connectivity index (χ0) is 17.2. The summed E-state index contributed by atoms with van der Waals surface area (Å²) in [6.45, 7) is 5.91. The number of nitrogens with zero attached hydrogens (tertiary/aromatic N) is 1. The summed E-state index contributed by atoms with van der Waals surface area (Å²) in [6.07, 6.45) is 11.0. The second-order valence-electron chi connectivity index (χ2n) is 9.08. The summed E-state index contributed by atoms with van der Waals surface area (Å²) in [5, 5.41) is 0. The first-order valence-corrected chi connectivity index (χ1v) is 9.93. The molecule has 2 aliphatic carbocycles. The van der Waals surface area contributed by atoms with Crippen LogP contribution in [0.25, 0.3) is 0 Å². The summed E-state index contributed by atoms with van der Waals surface area (Å²) in [5.41, 5.74) is 0.120. The van der Waals surface area contributed by atoms with Crippen LogP contribution in [0.15, 0.2) is 0 Å². The molecule has 1 saturated heterocycles. The van der Waals surface area contributed by atoms with Gasteiger partial charge in [-0.3, -0.25) is 4.79 Å². The highest BCUT2D eigenvalue weighted by Crippen LogP contribution is 2.40. The summed E-state index contributed by atoms with van der Waals surface area (Å²) in [4.78, 5) is 14.5. The summed E-state index contributed by atoms with van der Waals surface area (Å²) in [6, 6.07) is 0.355. The normalized spacial score (nSPS) is 27.5. The third-order valence-electron chi connectivity index (χ3n) is 6.35. The van der Waals surface area contributed by atoms with Crippen LogP contribution < -0.4 is 0 Å². The van der Waals surface area contributed by atoms with Crippen LogP contribution in [0.2, 0.25) is 0 Å². The molecule has 3 fully saturated rings. The number of carbonyl (C=O) groups is 1. The van der Waals surface area contributed by atoms with Crippen molar-refractivity contribution in [3.05, 3.63) is 0 Å². The Kier molecular flexibility index (Phi) is 5.55. The molecular formula is C20H35NO3. The fourth-order valence-corrected chi connectivity index (χ4v) is 4.46. The molecule has 24 heavy (non-hydrogen) atoms. The molecule has 0 bridgehead atoms. The van der Waals surface area contributed by atoms with Crippen molar-refractivity contribution >= 4 is 5.91 Å². The maximum Gasteiger partial charge on any atom is 0.222 e. The standard InChI is InChI=1S/C20H35NO3/c1-19(2)14-23-20(24-15-19)12-10-17(11-13-20)21(3)18(22)9-8-16-6-4-5-7-16/h16-17H,4-15H2,1-3H3. The van der Waals surface area contributed by atoms with Gasteiger partial charge < -0.3 is 14.4 Å². The van der Waals surface area contributed by atoms with Gasteiger partial charge >= 0.3 is 0 Å². The molecule has 0 atom stereocenters. The van der Waals surface area contributed by atoms with Crippen LogP contribution in [0.1, 0.15) is 78.1 Å². The Hall–Kier alpha value is -0.610. The number of carbonyl (C=O) groups excluding carboxylic acids is 1. The molecule has 4 heteroatoms. The fourth-order valence-electron chi connectivity index (χ4n) is 4.46. The third kappa shape index (κ3) is 4.32. The van der Waals surface area contributed by atoms with E-state index < -0.39 is 0 Å². The third-order valence-corrected chi connectivity index (χ3v) is 6.35. The minimum absolute atomic E-state index is 0.120. The van der Waals surface area contributed by atoms with E-state index in [2.05, 4.69) is 13.8 Å². The van der Waals surface area contributed by atoms with Crippen molar-refractivity contribution in [1.29, 1.82) is 0 Å². The van der Waals surface area contributed by atoms with E-state index in [-0.39, 0.29) is 11.2 Å². The van der Waals surface area contributed by atoms with Crippen LogP contribution in [-0.2, 0) is 14.3 Å². The Morgan fingerprint density at radius 3 is 2.21 bits per heavy atom. The van der Waals surface area contributed by atoms with Crippen LogP contribution in [0.3, 0.4) is 0 Å². The number of rotatable bonds is 4. The van der Waals surface area contributed by atoms with Gasteiger partial charge in [-0.2, -0.15) is 0 Å². The minimum Gasteiger partial charge on any atom is -0.349 e. The highest BCUT2D eigenvalue weighted by molar-refractivity contribution is 5.76. The zero-order valence-electron chi connectivity index (χ0n) is 15.8. The monoisotopic (exact) mass is 337 g/mol. The smallest absolute Gasteiger partial charge is 0.222 e. The lowest BCUT2D eigenvalue weighted by atomic mass is 9.86. The van der Waals surface area contributed by atoms with Gasteiger partial charge in [0, 0.05) is 37.8 Å². The lowest BCUT2D eigenvalue weighted by molar-refractivity contribution is -0.312. The van der Waals surface area contributed by atoms with Crippen LogP contribution >= 0.6 is 0 Å². The molecule has 1 aliphatic heterocycles. The molecule has 1 spiro atoms. The molecule has 3 rings (SSSR count). The number of hydrogen-bond acceptors (Lipinski definition) is 3. The summed E-state index contributed by atoms with van der Waals surface area (Å²) >= 11 is 0. The molecule has 0 N–H and O–H groups in total. The van der Waals surface area contributed by atoms with Gasteiger partial charge in [0.1, 0.15) is 0 Å². The van der Waals surface area contributed by atoms with Gasteiger partial charge in [-0.15, -0.1) is 0 Å². The van der Waals surface area contributed by atoms with Gasteiger partial charge in [-0.1, -0.05) is 39.5 Å². The molecule has 0 radical (unpaired) electrons. The van der Waals surface area contributed by atoms with E-state index in [1.54, 1.807) is 0 Å². The Labute approximate surface area is 147 Å². The molecule has 0 unspecified atom stereocenters. The summed E-state index contributed by atoms with van der Waals surface area (Å²) < 4.78 is 12.2. The molecule has 2 saturated carbocycles. The first kappa shape index (κ1) is 18.2. The van der Waals surface area contributed by atoms with E-state index >= 15 is 0 Å². The lowest BCUT2D eigenvalue weighted by Gasteiger charge is -2.47. The van der Waals surface area contributed by atoms with E-state index in [4.69, 9.17) is 9.47 Å². The average molecular weight is 338 g/mol. The van der Waals surface area contributed by atoms with Gasteiger partial charge in [-0.25, -0.2) is 0 Å². The summed E-state index contributed by atoms with van der Waals surface area (Å²) in [5.74, 6) is 0.749. The van der Waals surface area contributed by atoms with Gasteiger partial charge in [0.15, 0.2) is 5.79 Å². The van der Waals surface area contributed by atoms with Crippen LogP contribution in [0.5, 0.6) is 0 Å². The van der Waals surface area contributed by atoms with E-state index in [1.807, 2.05) is 11.9 Å². The van der Waals surface area contributed by atoms with Crippen molar-refractivity contribution in [2.24, 2.45) is 11.3 Å². The first-order valence-electron chi connectivity index (χ1n) is 9.93. The average Bonchev–Trinajstić information content (AvgIpc) is 3.09. The molecule has 0 aromatic rings. The molecule has 1 amide bonds. The highest BCUT2D eigenvalue weighted by atomic mass is 16.7. The highest BCUT2D eigenvalue weighted by Gasteiger charge is 2.44. The minimum atomic E-state index is -0.375. The largest absolute Gasteiger partial charge is 0.349 e. The second-order valence-corrected chi connectivity index (χ2v) is 9.08. The van der Waals surface area contributed by atoms with Crippen molar-refractivity contribution in [2.75, 3.05) is 20.3 Å². The molecule has 138 valence electrons. The van der Waals surface area contributed by atoms with Gasteiger partial charge in [-0.05, 0) is 25.2 Å². The fraction of sp³-hybridized carbons (Fsp3) is 0.950. The number of amides is 1. The van der Waals surface area contributed by atoms with Crippen molar-refractivity contribution in [3.63, 3.8) is 0 Å². The van der Waals surface area contributed by atoms with Crippen molar-refractivity contribution in [3.8, 4) is 0 Å². The van der Waals surface area contributed by atoms with E-state index in [9.17, 15) is 4.79 Å². The lowest BCUT2D eigenvalue weighted by Crippen LogP contribution is -2.52. The summed E-state index contributed by atoms with van der Waals surface area (Å²) in [7, 11) is 1.99. The maximum absolute atomic E-state index is 12.5. The van der Waals surface area contributed by atoms with Crippen molar-refractivity contribution in [2.45, 2.75) is 89.9 Å². The topological polar surface area (TPSA) is 38.8 Å². The Balaban J connectivity index is 1.43. The molecule has 0 aromatic carbocycles. The number of ether oxygens (including phenoxy) is 2. The SMILES string of the molecule is CN(C(=O)CCC1CCCC1)C1CCC2(CC1)OCC(C)(C)CO2. The molecular weight excluding hydrogens is 302 g/mol. The van der Waals surface area contributed by atoms with Gasteiger partial charge in [0.2, 0.25) is 5.91 Å². The van der Waals surface area contributed by atoms with Gasteiger partial charge in [0.25, 0.3) is 0 Å². The molecule has 4 nitrogen and oxygen atoms in total. The van der Waals surface area contributed by atoms with E-state index in [0.29, 0.717) is 11.9 Å². The van der Waals surface area contributed by atoms with Crippen LogP contribution in [0.4, 0.5) is 0 Å². The van der Waals surface area contributed by atoms with Crippen LogP contribution in [-0.4, -0.2) is 42.9 Å². The molecule has 0 aromatic heterocycles.